The van der Waals surface area contributed by atoms with Gasteiger partial charge in [-0.1, -0.05) is 0 Å². The lowest BCUT2D eigenvalue weighted by Crippen LogP contribution is -2.70. The first-order chi connectivity index (χ1) is 25.1. The van der Waals surface area contributed by atoms with Gasteiger partial charge in [-0.25, -0.2) is 23.2 Å². The molecule has 0 spiro atoms. The minimum Gasteiger partial charge on any atom is -0.465 e. The van der Waals surface area contributed by atoms with E-state index in [1.165, 1.54) is 14.0 Å². The van der Waals surface area contributed by atoms with Gasteiger partial charge in [0.1, 0.15) is 54.6 Å². The number of hydrogen-bond acceptors (Lipinski definition) is 14. The molecular formula is C34H61F2N5O13. The second kappa shape index (κ2) is 19.4. The Hall–Kier alpha value is -2.69. The molecule has 0 aromatic heterocycles. The lowest BCUT2D eigenvalue weighted by Gasteiger charge is -2.50. The molecule has 2 heterocycles. The molecule has 1 aliphatic carbocycles. The van der Waals surface area contributed by atoms with E-state index in [2.05, 4.69) is 21.3 Å². The maximum absolute atomic E-state index is 13.3. The van der Waals surface area contributed by atoms with Crippen LogP contribution in [0.4, 0.5) is 23.2 Å². The van der Waals surface area contributed by atoms with Crippen molar-refractivity contribution in [1.82, 2.24) is 26.2 Å². The highest BCUT2D eigenvalue weighted by molar-refractivity contribution is 5.69. The summed E-state index contributed by atoms with van der Waals surface area (Å²) in [5, 5.41) is 55.5. The van der Waals surface area contributed by atoms with Crippen molar-refractivity contribution in [3.05, 3.63) is 0 Å². The number of carboxylic acid groups (broad SMARTS) is 1. The van der Waals surface area contributed by atoms with E-state index in [1.807, 2.05) is 0 Å². The molecule has 18 nitrogen and oxygen atoms in total. The van der Waals surface area contributed by atoms with Crippen LogP contribution in [0.15, 0.2) is 0 Å². The highest BCUT2D eigenvalue weighted by Crippen LogP contribution is 2.35. The molecule has 0 radical (unpaired) electrons. The normalized spacial score (nSPS) is 34.8. The van der Waals surface area contributed by atoms with Crippen LogP contribution >= 0.6 is 0 Å². The van der Waals surface area contributed by atoms with Gasteiger partial charge in [0.2, 0.25) is 0 Å². The van der Waals surface area contributed by atoms with Gasteiger partial charge in [-0.05, 0) is 67.7 Å². The molecule has 1 saturated carbocycles. The van der Waals surface area contributed by atoms with Crippen molar-refractivity contribution >= 4 is 18.3 Å². The highest BCUT2D eigenvalue weighted by atomic mass is 19.1. The maximum Gasteiger partial charge on any atom is 0.410 e. The Balaban J connectivity index is 1.98. The van der Waals surface area contributed by atoms with Crippen LogP contribution in [-0.4, -0.2) is 174 Å². The third-order valence-electron chi connectivity index (χ3n) is 9.04. The summed E-state index contributed by atoms with van der Waals surface area (Å²) in [6.45, 7) is 9.78. The Morgan fingerprint density at radius 2 is 1.46 bits per heavy atom. The largest absolute Gasteiger partial charge is 0.465 e. The topological polar surface area (TPSA) is 239 Å². The van der Waals surface area contributed by atoms with Crippen molar-refractivity contribution < 1.29 is 72.0 Å². The van der Waals surface area contributed by atoms with Crippen molar-refractivity contribution in [3.8, 4) is 0 Å². The molecule has 3 amide bonds. The second-order valence-corrected chi connectivity index (χ2v) is 16.1. The number of aliphatic hydroxyl groups excluding tert-OH is 2. The fourth-order valence-electron chi connectivity index (χ4n) is 6.83. The van der Waals surface area contributed by atoms with Crippen molar-refractivity contribution in [3.63, 3.8) is 0 Å². The van der Waals surface area contributed by atoms with E-state index in [-0.39, 0.29) is 26.1 Å². The number of rotatable bonds is 14. The van der Waals surface area contributed by atoms with E-state index >= 15 is 0 Å². The number of nitrogens with one attached hydrogen (secondary N) is 4. The fraction of sp³-hybridized carbons (Fsp3) is 0.912. The Morgan fingerprint density at radius 1 is 0.870 bits per heavy atom. The zero-order valence-electron chi connectivity index (χ0n) is 32.4. The third kappa shape index (κ3) is 13.2. The lowest BCUT2D eigenvalue weighted by atomic mass is 9.83. The van der Waals surface area contributed by atoms with Crippen LogP contribution < -0.4 is 21.3 Å². The monoisotopic (exact) mass is 785 g/mol. The fourth-order valence-corrected chi connectivity index (χ4v) is 6.83. The lowest BCUT2D eigenvalue weighted by molar-refractivity contribution is -0.314. The number of carbonyl (C=O) groups excluding carboxylic acids is 2. The molecule has 20 heteroatoms. The van der Waals surface area contributed by atoms with Gasteiger partial charge >= 0.3 is 18.3 Å². The van der Waals surface area contributed by atoms with Crippen LogP contribution in [0.25, 0.3) is 0 Å². The molecule has 0 bridgehead atoms. The van der Waals surface area contributed by atoms with Crippen LogP contribution in [0.1, 0.15) is 67.7 Å². The molecule has 2 aliphatic heterocycles. The van der Waals surface area contributed by atoms with Crippen LogP contribution in [0.3, 0.4) is 0 Å². The molecule has 0 aromatic carbocycles. The Bertz CT molecular complexity index is 1230. The average Bonchev–Trinajstić information content (AvgIpc) is 3.03. The Kier molecular flexibility index (Phi) is 16.5. The molecule has 3 rings (SSSR count). The van der Waals surface area contributed by atoms with Gasteiger partial charge in [0.25, 0.3) is 0 Å². The summed E-state index contributed by atoms with van der Waals surface area (Å²) in [5.41, 5.74) is -3.64. The van der Waals surface area contributed by atoms with Gasteiger partial charge in [-0.2, -0.15) is 0 Å². The molecule has 54 heavy (non-hydrogen) atoms. The summed E-state index contributed by atoms with van der Waals surface area (Å²) in [6.07, 6.45) is -12.2. The molecule has 3 fully saturated rings. The van der Waals surface area contributed by atoms with Crippen LogP contribution in [0.5, 0.6) is 0 Å². The van der Waals surface area contributed by atoms with E-state index in [0.29, 0.717) is 12.8 Å². The number of alkyl halides is 2. The number of aliphatic hydroxyl groups is 3. The summed E-state index contributed by atoms with van der Waals surface area (Å²) in [7, 11) is 1.32. The predicted octanol–water partition coefficient (Wildman–Crippen LogP) is 0.747. The molecule has 8 N–H and O–H groups in total. The van der Waals surface area contributed by atoms with Crippen molar-refractivity contribution in [2.75, 3.05) is 46.6 Å². The standard InChI is InChI=1S/C34H61F2N5O13/c1-32(2,3)53-30(46)40-21-15-20(39-29(44)45)24(52-28-23(43)26(34(7,48)17-49-28)41(8)31(47)54-33(4,5)6)22(42)25(21)51-27-19(38-14-12-36)10-9-18(50-27)16-37-13-11-35/h18-28,37-39,42-43,48H,9-17H2,1-8H3,(H,40,46)(H,44,45)/t18-,19+,20+,21-,22+,23+,24-,25+,26+,27+,28+,34-/m0/s1. The first-order valence-corrected chi connectivity index (χ1v) is 18.2. The zero-order chi connectivity index (χ0) is 40.6. The second-order valence-electron chi connectivity index (χ2n) is 16.1. The number of hydrogen-bond donors (Lipinski definition) is 8. The maximum atomic E-state index is 13.3. The minimum atomic E-state index is -1.81. The molecule has 0 aromatic rings. The number of ether oxygens (including phenoxy) is 6. The molecular weight excluding hydrogens is 724 g/mol. The molecule has 2 saturated heterocycles. The Labute approximate surface area is 314 Å². The number of amides is 3. The summed E-state index contributed by atoms with van der Waals surface area (Å²) in [6, 6.07) is -4.34. The van der Waals surface area contributed by atoms with Crippen LogP contribution in [-0.2, 0) is 28.4 Å². The Morgan fingerprint density at radius 3 is 2.04 bits per heavy atom. The quantitative estimate of drug-likeness (QED) is 0.113. The first kappa shape index (κ1) is 45.7. The molecule has 3 aliphatic rings. The van der Waals surface area contributed by atoms with Gasteiger partial charge in [0, 0.05) is 26.7 Å². The highest BCUT2D eigenvalue weighted by Gasteiger charge is 2.55. The summed E-state index contributed by atoms with van der Waals surface area (Å²) in [4.78, 5) is 39.1. The number of alkyl carbamates (subject to hydrolysis) is 1. The van der Waals surface area contributed by atoms with E-state index in [1.54, 1.807) is 41.5 Å². The van der Waals surface area contributed by atoms with Crippen LogP contribution in [0.2, 0.25) is 0 Å². The molecule has 0 unspecified atom stereocenters. The molecule has 12 atom stereocenters. The SMILES string of the molecule is CN(C(=O)OC(C)(C)C)[C@@H]1[C@@H](O)[C@@H](O[C@@H]2[C@@H](O)[C@H](O[C@H]3O[C@H](CNCCF)CC[C@H]3NCCF)[C@@H](NC(=O)OC(C)(C)C)C[C@H]2NC(=O)O)OC[C@]1(C)O. The van der Waals surface area contributed by atoms with Crippen molar-refractivity contribution in [2.45, 2.75) is 152 Å². The first-order valence-electron chi connectivity index (χ1n) is 18.2. The molecule has 314 valence electrons. The zero-order valence-corrected chi connectivity index (χ0v) is 32.4. The summed E-state index contributed by atoms with van der Waals surface area (Å²) < 4.78 is 61.4. The average molecular weight is 786 g/mol. The van der Waals surface area contributed by atoms with Gasteiger partial charge in [0.05, 0.1) is 36.9 Å². The van der Waals surface area contributed by atoms with Gasteiger partial charge in [-0.3, -0.25) is 0 Å². The van der Waals surface area contributed by atoms with Gasteiger partial charge in [0.15, 0.2) is 12.6 Å². The number of carbonyl (C=O) groups is 3. The predicted molar refractivity (Wildman–Crippen MR) is 187 cm³/mol. The smallest absolute Gasteiger partial charge is 0.410 e. The third-order valence-corrected chi connectivity index (χ3v) is 9.04. The van der Waals surface area contributed by atoms with Crippen molar-refractivity contribution in [1.29, 1.82) is 0 Å². The minimum absolute atomic E-state index is 0.0403. The van der Waals surface area contributed by atoms with Gasteiger partial charge < -0.3 is 75.0 Å². The van der Waals surface area contributed by atoms with E-state index in [9.17, 15) is 43.6 Å². The van der Waals surface area contributed by atoms with Crippen molar-refractivity contribution in [2.24, 2.45) is 0 Å². The number of halogens is 2. The summed E-state index contributed by atoms with van der Waals surface area (Å²) >= 11 is 0. The van der Waals surface area contributed by atoms with E-state index < -0.39 is 122 Å². The van der Waals surface area contributed by atoms with Crippen LogP contribution in [0, 0.1) is 0 Å². The van der Waals surface area contributed by atoms with E-state index in [0.717, 1.165) is 4.90 Å². The van der Waals surface area contributed by atoms with Gasteiger partial charge in [-0.15, -0.1) is 0 Å². The summed E-state index contributed by atoms with van der Waals surface area (Å²) in [5.74, 6) is 0. The number of nitrogens with zero attached hydrogens (tertiary/aromatic N) is 1. The number of likely N-dealkylation sites (N-methyl/N-ethyl adjacent to an activating group) is 1. The van der Waals surface area contributed by atoms with E-state index in [4.69, 9.17) is 28.4 Å².